The second-order valence-electron chi connectivity index (χ2n) is 10.9. The van der Waals surface area contributed by atoms with Gasteiger partial charge in [-0.1, -0.05) is 36.4 Å². The number of alkyl halides is 3. The highest BCUT2D eigenvalue weighted by Crippen LogP contribution is 2.40. The number of aromatic nitrogens is 2. The van der Waals surface area contributed by atoms with Gasteiger partial charge in [-0.2, -0.15) is 13.2 Å². The van der Waals surface area contributed by atoms with Crippen LogP contribution in [0, 0.1) is 0 Å². The Bertz CT molecular complexity index is 2090. The first-order valence-corrected chi connectivity index (χ1v) is 16.8. The van der Waals surface area contributed by atoms with E-state index in [0.29, 0.717) is 33.3 Å². The second kappa shape index (κ2) is 10.6. The maximum atomic E-state index is 13.7. The zero-order valence-electron chi connectivity index (χ0n) is 23.6. The van der Waals surface area contributed by atoms with E-state index < -0.39 is 36.2 Å². The molecule has 0 radical (unpaired) electrons. The monoisotopic (exact) mass is 624 g/mol. The number of halogens is 3. The summed E-state index contributed by atoms with van der Waals surface area (Å²) >= 11 is 0. The van der Waals surface area contributed by atoms with Crippen LogP contribution in [0.3, 0.4) is 0 Å². The first kappa shape index (κ1) is 30.4. The predicted octanol–water partition coefficient (Wildman–Crippen LogP) is 7.33. The van der Waals surface area contributed by atoms with E-state index in [1.165, 1.54) is 30.5 Å². The second-order valence-corrected chi connectivity index (χ2v) is 15.5. The number of rotatable bonds is 6. The van der Waals surface area contributed by atoms with E-state index >= 15 is 0 Å². The average Bonchev–Trinajstić information content (AvgIpc) is 2.95. The van der Waals surface area contributed by atoms with E-state index in [4.69, 9.17) is 0 Å². The molecule has 0 aliphatic rings. The number of pyridine rings is 2. The molecule has 0 unspecified atom stereocenters. The third kappa shape index (κ3) is 5.92. The van der Waals surface area contributed by atoms with Crippen molar-refractivity contribution in [2.24, 2.45) is 0 Å². The molecule has 2 aromatic heterocycles. The van der Waals surface area contributed by atoms with Gasteiger partial charge in [0.25, 0.3) is 0 Å². The highest BCUT2D eigenvalue weighted by molar-refractivity contribution is 7.91. The van der Waals surface area contributed by atoms with E-state index in [-0.39, 0.29) is 16.2 Å². The summed E-state index contributed by atoms with van der Waals surface area (Å²) in [4.78, 5) is 8.79. The summed E-state index contributed by atoms with van der Waals surface area (Å²) in [6, 6.07) is 20.8. The molecule has 0 aliphatic heterocycles. The first-order valence-electron chi connectivity index (χ1n) is 13.0. The van der Waals surface area contributed by atoms with Gasteiger partial charge in [-0.25, -0.2) is 16.8 Å². The van der Waals surface area contributed by atoms with Crippen LogP contribution < -0.4 is 0 Å². The van der Waals surface area contributed by atoms with Gasteiger partial charge in [0.1, 0.15) is 0 Å². The molecule has 5 aromatic rings. The molecular weight excluding hydrogens is 597 g/mol. The van der Waals surface area contributed by atoms with Crippen molar-refractivity contribution >= 4 is 30.6 Å². The van der Waals surface area contributed by atoms with Gasteiger partial charge in [-0.3, -0.25) is 9.97 Å². The smallest absolute Gasteiger partial charge is 0.256 e. The zero-order chi connectivity index (χ0) is 31.4. The molecule has 0 saturated heterocycles. The van der Waals surface area contributed by atoms with Crippen molar-refractivity contribution < 1.29 is 30.0 Å². The van der Waals surface area contributed by atoms with Gasteiger partial charge >= 0.3 is 6.18 Å². The summed E-state index contributed by atoms with van der Waals surface area (Å²) in [6.07, 6.45) is -0.0159. The molecule has 0 saturated carbocycles. The number of fused-ring (bicyclic) bond motifs is 1. The molecule has 11 heteroatoms. The van der Waals surface area contributed by atoms with Crippen LogP contribution in [0.5, 0.6) is 0 Å². The molecule has 0 spiro atoms. The molecule has 43 heavy (non-hydrogen) atoms. The SMILES string of the molecule is CC(C)(c1cc(-c2cccc(-c3ncc(C(F)(F)F)cc3-c3ccc(S(C)(=O)=O)cc3)c2)c2ncccc2c1)S(C)(=O)=O. The summed E-state index contributed by atoms with van der Waals surface area (Å²) < 4.78 is 89.3. The highest BCUT2D eigenvalue weighted by atomic mass is 32.2. The lowest BCUT2D eigenvalue weighted by Crippen LogP contribution is -2.28. The van der Waals surface area contributed by atoms with Crippen LogP contribution in [0.2, 0.25) is 0 Å². The summed E-state index contributed by atoms with van der Waals surface area (Å²) in [6.45, 7) is 3.26. The molecule has 0 fully saturated rings. The van der Waals surface area contributed by atoms with Crippen molar-refractivity contribution in [3.63, 3.8) is 0 Å². The minimum atomic E-state index is -4.65. The van der Waals surface area contributed by atoms with Gasteiger partial charge in [0, 0.05) is 47.0 Å². The summed E-state index contributed by atoms with van der Waals surface area (Å²) in [5, 5.41) is 0.733. The van der Waals surface area contributed by atoms with Gasteiger partial charge < -0.3 is 0 Å². The minimum absolute atomic E-state index is 0.0380. The number of benzene rings is 3. The fraction of sp³-hybridized carbons (Fsp3) is 0.188. The summed E-state index contributed by atoms with van der Waals surface area (Å²) in [5.41, 5.74) is 2.85. The molecule has 0 atom stereocenters. The standard InChI is InChI=1S/C32H27F3N2O4S2/c1-31(2,43(4,40)41)24-16-23-9-6-14-36-29(23)28(17-24)21-7-5-8-22(15-21)30-27(18-25(19-37-30)32(33,34)35)20-10-12-26(13-11-20)42(3,38)39/h5-19H,1-4H3. The van der Waals surface area contributed by atoms with Gasteiger partial charge in [-0.05, 0) is 73.0 Å². The number of hydrogen-bond donors (Lipinski definition) is 0. The summed E-state index contributed by atoms with van der Waals surface area (Å²) in [7, 11) is -7.01. The Morgan fingerprint density at radius 3 is 1.95 bits per heavy atom. The fourth-order valence-corrected chi connectivity index (χ4v) is 5.94. The number of nitrogens with zero attached hydrogens (tertiary/aromatic N) is 2. The Labute approximate surface area is 248 Å². The van der Waals surface area contributed by atoms with Crippen molar-refractivity contribution in [3.05, 3.63) is 102 Å². The molecule has 2 heterocycles. The Morgan fingerprint density at radius 2 is 1.33 bits per heavy atom. The van der Waals surface area contributed by atoms with Crippen LogP contribution in [0.25, 0.3) is 44.4 Å². The van der Waals surface area contributed by atoms with E-state index in [1.807, 2.05) is 12.1 Å². The maximum absolute atomic E-state index is 13.7. The molecule has 0 bridgehead atoms. The van der Waals surface area contributed by atoms with E-state index in [9.17, 15) is 30.0 Å². The quantitative estimate of drug-likeness (QED) is 0.196. The van der Waals surface area contributed by atoms with Crippen molar-refractivity contribution in [3.8, 4) is 33.5 Å². The maximum Gasteiger partial charge on any atom is 0.417 e. The van der Waals surface area contributed by atoms with Gasteiger partial charge in [-0.15, -0.1) is 0 Å². The largest absolute Gasteiger partial charge is 0.417 e. The van der Waals surface area contributed by atoms with Crippen molar-refractivity contribution in [1.29, 1.82) is 0 Å². The lowest BCUT2D eigenvalue weighted by molar-refractivity contribution is -0.137. The average molecular weight is 625 g/mol. The number of sulfone groups is 2. The molecule has 0 aliphatic carbocycles. The normalized spacial score (nSPS) is 12.9. The van der Waals surface area contributed by atoms with Crippen LogP contribution in [0.1, 0.15) is 25.0 Å². The highest BCUT2D eigenvalue weighted by Gasteiger charge is 2.34. The van der Waals surface area contributed by atoms with E-state index in [1.54, 1.807) is 56.4 Å². The van der Waals surface area contributed by atoms with Crippen molar-refractivity contribution in [2.45, 2.75) is 29.7 Å². The van der Waals surface area contributed by atoms with E-state index in [0.717, 1.165) is 23.9 Å². The predicted molar refractivity (Wildman–Crippen MR) is 162 cm³/mol. The zero-order valence-corrected chi connectivity index (χ0v) is 25.3. The lowest BCUT2D eigenvalue weighted by atomic mass is 9.91. The lowest BCUT2D eigenvalue weighted by Gasteiger charge is -2.24. The molecular formula is C32H27F3N2O4S2. The molecule has 6 nitrogen and oxygen atoms in total. The van der Waals surface area contributed by atoms with Crippen LogP contribution in [-0.4, -0.2) is 39.3 Å². The third-order valence-corrected chi connectivity index (χ3v) is 10.8. The Balaban J connectivity index is 1.73. The fourth-order valence-electron chi connectivity index (χ4n) is 4.76. The van der Waals surface area contributed by atoms with Crippen LogP contribution in [0.4, 0.5) is 13.2 Å². The topological polar surface area (TPSA) is 94.1 Å². The molecule has 3 aromatic carbocycles. The Kier molecular flexibility index (Phi) is 7.46. The molecule has 0 amide bonds. The first-order chi connectivity index (χ1) is 20.0. The molecule has 222 valence electrons. The minimum Gasteiger partial charge on any atom is -0.256 e. The van der Waals surface area contributed by atoms with Gasteiger partial charge in [0.05, 0.1) is 26.4 Å². The van der Waals surface area contributed by atoms with Crippen LogP contribution in [0.15, 0.2) is 96.2 Å². The van der Waals surface area contributed by atoms with Crippen LogP contribution in [-0.2, 0) is 30.6 Å². The van der Waals surface area contributed by atoms with Gasteiger partial charge in [0.15, 0.2) is 19.7 Å². The Hall–Kier alpha value is -4.09. The molecule has 5 rings (SSSR count). The Morgan fingerprint density at radius 1 is 0.674 bits per heavy atom. The van der Waals surface area contributed by atoms with Crippen LogP contribution >= 0.6 is 0 Å². The number of hydrogen-bond acceptors (Lipinski definition) is 6. The third-order valence-electron chi connectivity index (χ3n) is 7.58. The summed E-state index contributed by atoms with van der Waals surface area (Å²) in [5.74, 6) is 0. The molecule has 0 N–H and O–H groups in total. The van der Waals surface area contributed by atoms with Crippen molar-refractivity contribution in [1.82, 2.24) is 9.97 Å². The van der Waals surface area contributed by atoms with E-state index in [2.05, 4.69) is 9.97 Å². The van der Waals surface area contributed by atoms with Gasteiger partial charge in [0.2, 0.25) is 0 Å². The van der Waals surface area contributed by atoms with Crippen molar-refractivity contribution in [2.75, 3.05) is 12.5 Å².